The third-order valence-electron chi connectivity index (χ3n) is 4.82. The van der Waals surface area contributed by atoms with Crippen molar-refractivity contribution in [1.82, 2.24) is 15.1 Å². The fraction of sp³-hybridized carbons (Fsp3) is 0.444. The second kappa shape index (κ2) is 6.42. The number of sulfone groups is 1. The van der Waals surface area contributed by atoms with Gasteiger partial charge < -0.3 is 10.1 Å². The SMILES string of the molecule is COc1ccc(-c2cc(C(=O)NC3CC3)nn2C2CCS(=O)(=O)C2)cc1. The zero-order valence-electron chi connectivity index (χ0n) is 14.5. The quantitative estimate of drug-likeness (QED) is 0.861. The summed E-state index contributed by atoms with van der Waals surface area (Å²) in [5, 5.41) is 7.40. The molecule has 1 unspecified atom stereocenters. The van der Waals surface area contributed by atoms with Crippen molar-refractivity contribution in [3.63, 3.8) is 0 Å². The van der Waals surface area contributed by atoms with Crippen molar-refractivity contribution in [1.29, 1.82) is 0 Å². The Labute approximate surface area is 152 Å². The largest absolute Gasteiger partial charge is 0.497 e. The summed E-state index contributed by atoms with van der Waals surface area (Å²) in [6, 6.07) is 9.18. The number of rotatable bonds is 5. The van der Waals surface area contributed by atoms with E-state index in [2.05, 4.69) is 10.4 Å². The van der Waals surface area contributed by atoms with Crippen LogP contribution in [0.1, 0.15) is 35.8 Å². The number of amides is 1. The second-order valence-electron chi connectivity index (χ2n) is 6.89. The summed E-state index contributed by atoms with van der Waals surface area (Å²) in [5.41, 5.74) is 1.94. The molecule has 0 radical (unpaired) electrons. The van der Waals surface area contributed by atoms with Gasteiger partial charge in [-0.25, -0.2) is 8.42 Å². The molecule has 1 aliphatic carbocycles. The lowest BCUT2D eigenvalue weighted by Crippen LogP contribution is -2.26. The van der Waals surface area contributed by atoms with E-state index in [-0.39, 0.29) is 29.5 Å². The Kier molecular flexibility index (Phi) is 4.22. The maximum Gasteiger partial charge on any atom is 0.272 e. The minimum Gasteiger partial charge on any atom is -0.497 e. The van der Waals surface area contributed by atoms with E-state index >= 15 is 0 Å². The van der Waals surface area contributed by atoms with Gasteiger partial charge in [-0.3, -0.25) is 9.48 Å². The Morgan fingerprint density at radius 3 is 2.54 bits per heavy atom. The molecule has 1 saturated carbocycles. The molecule has 1 aromatic heterocycles. The summed E-state index contributed by atoms with van der Waals surface area (Å²) in [5.74, 6) is 0.738. The van der Waals surface area contributed by atoms with Gasteiger partial charge in [0, 0.05) is 11.6 Å². The summed E-state index contributed by atoms with van der Waals surface area (Å²) in [6.07, 6.45) is 2.51. The van der Waals surface area contributed by atoms with Crippen molar-refractivity contribution in [3.8, 4) is 17.0 Å². The van der Waals surface area contributed by atoms with Gasteiger partial charge in [-0.05, 0) is 49.6 Å². The summed E-state index contributed by atoms with van der Waals surface area (Å²) in [6.45, 7) is 0. The van der Waals surface area contributed by atoms with Gasteiger partial charge in [0.25, 0.3) is 5.91 Å². The fourth-order valence-corrected chi connectivity index (χ4v) is 4.91. The minimum atomic E-state index is -3.05. The number of aromatic nitrogens is 2. The lowest BCUT2D eigenvalue weighted by Gasteiger charge is -2.13. The number of carbonyl (C=O) groups excluding carboxylic acids is 1. The first-order valence-corrected chi connectivity index (χ1v) is 10.5. The van der Waals surface area contributed by atoms with E-state index in [0.717, 1.165) is 29.8 Å². The Bertz CT molecular complexity index is 930. The van der Waals surface area contributed by atoms with E-state index in [1.807, 2.05) is 24.3 Å². The highest BCUT2D eigenvalue weighted by atomic mass is 32.2. The number of nitrogens with zero attached hydrogens (tertiary/aromatic N) is 2. The summed E-state index contributed by atoms with van der Waals surface area (Å²) in [4.78, 5) is 12.4. The Balaban J connectivity index is 1.71. The van der Waals surface area contributed by atoms with Crippen LogP contribution in [0.15, 0.2) is 30.3 Å². The van der Waals surface area contributed by atoms with E-state index < -0.39 is 9.84 Å². The molecule has 1 aliphatic heterocycles. The first kappa shape index (κ1) is 17.1. The highest BCUT2D eigenvalue weighted by molar-refractivity contribution is 7.91. The molecule has 1 atom stereocenters. The molecule has 0 bridgehead atoms. The van der Waals surface area contributed by atoms with Crippen LogP contribution >= 0.6 is 0 Å². The standard InChI is InChI=1S/C18H21N3O4S/c1-25-15-6-2-12(3-7-15)17-10-16(18(22)19-13-4-5-13)20-21(17)14-8-9-26(23,24)11-14/h2-3,6-7,10,13-14H,4-5,8-9,11H2,1H3,(H,19,22). The molecule has 26 heavy (non-hydrogen) atoms. The fourth-order valence-electron chi connectivity index (χ4n) is 3.22. The number of benzene rings is 1. The lowest BCUT2D eigenvalue weighted by atomic mass is 10.1. The average molecular weight is 375 g/mol. The topological polar surface area (TPSA) is 90.3 Å². The molecule has 138 valence electrons. The van der Waals surface area contributed by atoms with Gasteiger partial charge in [0.15, 0.2) is 15.5 Å². The van der Waals surface area contributed by atoms with Gasteiger partial charge in [0.05, 0.1) is 30.4 Å². The molecule has 4 rings (SSSR count). The number of hydrogen-bond donors (Lipinski definition) is 1. The van der Waals surface area contributed by atoms with Crippen LogP contribution in [-0.4, -0.2) is 48.8 Å². The van der Waals surface area contributed by atoms with E-state index in [0.29, 0.717) is 12.1 Å². The Morgan fingerprint density at radius 2 is 1.96 bits per heavy atom. The zero-order valence-corrected chi connectivity index (χ0v) is 15.3. The predicted octanol–water partition coefficient (Wildman–Crippen LogP) is 1.81. The minimum absolute atomic E-state index is 0.0571. The highest BCUT2D eigenvalue weighted by Crippen LogP contribution is 2.31. The molecule has 0 spiro atoms. The van der Waals surface area contributed by atoms with E-state index in [1.54, 1.807) is 17.9 Å². The third-order valence-corrected chi connectivity index (χ3v) is 6.57. The number of carbonyl (C=O) groups is 1. The van der Waals surface area contributed by atoms with Crippen molar-refractivity contribution in [2.45, 2.75) is 31.3 Å². The van der Waals surface area contributed by atoms with E-state index in [9.17, 15) is 13.2 Å². The van der Waals surface area contributed by atoms with Gasteiger partial charge in [0.2, 0.25) is 0 Å². The molecular formula is C18H21N3O4S. The van der Waals surface area contributed by atoms with Crippen LogP contribution in [0, 0.1) is 0 Å². The normalized spacial score (nSPS) is 21.5. The monoisotopic (exact) mass is 375 g/mol. The van der Waals surface area contributed by atoms with Gasteiger partial charge in [-0.1, -0.05) is 0 Å². The number of hydrogen-bond acceptors (Lipinski definition) is 5. The summed E-state index contributed by atoms with van der Waals surface area (Å²) >= 11 is 0. The maximum atomic E-state index is 12.4. The average Bonchev–Trinajstić information content (AvgIpc) is 3.20. The van der Waals surface area contributed by atoms with Gasteiger partial charge in [-0.15, -0.1) is 0 Å². The number of methoxy groups -OCH3 is 1. The molecule has 7 nitrogen and oxygen atoms in total. The van der Waals surface area contributed by atoms with Gasteiger partial charge in [0.1, 0.15) is 5.75 Å². The van der Waals surface area contributed by atoms with Crippen molar-refractivity contribution < 1.29 is 17.9 Å². The molecule has 1 N–H and O–H groups in total. The molecule has 1 amide bonds. The highest BCUT2D eigenvalue weighted by Gasteiger charge is 2.33. The van der Waals surface area contributed by atoms with E-state index in [1.165, 1.54) is 0 Å². The van der Waals surface area contributed by atoms with Crippen LogP contribution in [0.25, 0.3) is 11.3 Å². The molecule has 2 fully saturated rings. The van der Waals surface area contributed by atoms with Crippen LogP contribution in [0.5, 0.6) is 5.75 Å². The first-order valence-electron chi connectivity index (χ1n) is 8.70. The van der Waals surface area contributed by atoms with Crippen LogP contribution in [-0.2, 0) is 9.84 Å². The molecular weight excluding hydrogens is 354 g/mol. The summed E-state index contributed by atoms with van der Waals surface area (Å²) < 4.78 is 30.7. The molecule has 2 aromatic rings. The predicted molar refractivity (Wildman–Crippen MR) is 97.0 cm³/mol. The molecule has 1 aromatic carbocycles. The van der Waals surface area contributed by atoms with Crippen LogP contribution < -0.4 is 10.1 Å². The van der Waals surface area contributed by atoms with Gasteiger partial charge >= 0.3 is 0 Å². The van der Waals surface area contributed by atoms with Crippen molar-refractivity contribution in [2.75, 3.05) is 18.6 Å². The number of ether oxygens (including phenoxy) is 1. The Morgan fingerprint density at radius 1 is 1.23 bits per heavy atom. The molecule has 2 heterocycles. The van der Waals surface area contributed by atoms with Gasteiger partial charge in [-0.2, -0.15) is 5.10 Å². The Hall–Kier alpha value is -2.35. The second-order valence-corrected chi connectivity index (χ2v) is 9.12. The lowest BCUT2D eigenvalue weighted by molar-refractivity contribution is 0.0945. The molecule has 1 saturated heterocycles. The van der Waals surface area contributed by atoms with Crippen molar-refractivity contribution >= 4 is 15.7 Å². The zero-order chi connectivity index (χ0) is 18.3. The van der Waals surface area contributed by atoms with E-state index in [4.69, 9.17) is 4.74 Å². The maximum absolute atomic E-state index is 12.4. The number of nitrogens with one attached hydrogen (secondary N) is 1. The smallest absolute Gasteiger partial charge is 0.272 e. The van der Waals surface area contributed by atoms with Crippen molar-refractivity contribution in [2.24, 2.45) is 0 Å². The molecule has 8 heteroatoms. The van der Waals surface area contributed by atoms with Crippen LogP contribution in [0.2, 0.25) is 0 Å². The molecule has 2 aliphatic rings. The van der Waals surface area contributed by atoms with Crippen LogP contribution in [0.3, 0.4) is 0 Å². The van der Waals surface area contributed by atoms with Crippen molar-refractivity contribution in [3.05, 3.63) is 36.0 Å². The summed E-state index contributed by atoms with van der Waals surface area (Å²) in [7, 11) is -1.45. The van der Waals surface area contributed by atoms with Crippen LogP contribution in [0.4, 0.5) is 0 Å². The first-order chi connectivity index (χ1) is 12.4. The third kappa shape index (κ3) is 3.46.